The number of esters is 2. The number of aliphatic carboxylic acids is 2. The first-order chi connectivity index (χ1) is 35.4. The van der Waals surface area contributed by atoms with Crippen LogP contribution in [-0.4, -0.2) is 89.8 Å². The first-order valence-electron chi connectivity index (χ1n) is 26.4. The van der Waals surface area contributed by atoms with Gasteiger partial charge in [-0.15, -0.1) is 21.6 Å². The van der Waals surface area contributed by atoms with E-state index in [-0.39, 0.29) is 131 Å². The van der Waals surface area contributed by atoms with Gasteiger partial charge < -0.3 is 48.4 Å². The number of carboxylic acid groups (broad SMARTS) is 2. The number of carboxylic acids is 2. The van der Waals surface area contributed by atoms with E-state index < -0.39 is 35.7 Å². The van der Waals surface area contributed by atoms with Crippen LogP contribution in [0.2, 0.25) is 0 Å². The van der Waals surface area contributed by atoms with Gasteiger partial charge in [-0.1, -0.05) is 115 Å². The summed E-state index contributed by atoms with van der Waals surface area (Å²) in [5.41, 5.74) is 3.15. The van der Waals surface area contributed by atoms with E-state index in [4.69, 9.17) is 30.3 Å². The van der Waals surface area contributed by atoms with Gasteiger partial charge in [-0.05, 0) is 81.7 Å². The summed E-state index contributed by atoms with van der Waals surface area (Å²) in [6, 6.07) is 7.75. The van der Waals surface area contributed by atoms with Crippen LogP contribution < -0.4 is 74.2 Å². The molecule has 16 nitrogen and oxygen atoms in total. The SMILES string of the molecule is [C-]#[N+]c1sc(N=Nc2ccc(N(CCOCCOCCOC(=O)CC(C/C=C/CCCCCCCCC)C(=O)[O-])CCOCCOC(=O)CC(C/C=C/CCCCCCCCC)C(=O)[O-])cc2C)c(C#N)c1C.[Na+].[Na+]. The average Bonchev–Trinajstić information content (AvgIpc) is 3.69. The fourth-order valence-electron chi connectivity index (χ4n) is 7.66. The van der Waals surface area contributed by atoms with Crippen LogP contribution in [0.4, 0.5) is 21.4 Å². The molecule has 2 rings (SSSR count). The van der Waals surface area contributed by atoms with Gasteiger partial charge in [-0.3, -0.25) is 9.59 Å². The van der Waals surface area contributed by atoms with Crippen molar-refractivity contribution in [1.82, 2.24) is 0 Å². The standard InChI is InChI=1S/C56H83N5O11S.2Na/c1-6-8-10-12-14-16-18-20-22-24-26-46(55(64)65)41-51(62)71-38-36-69-33-31-61(48-28-29-50(44(3)40-48)59-60-54-49(43-57)45(4)53(58-5)73-54)30-32-68-34-35-70-37-39-72-52(63)42-47(56(66)67)27-25-23-21-19-17-15-13-11-9-7-2;;/h22-25,28-29,40,46-47H,6-21,26-27,30-39,41-42H2,1-4H3,(H,64,65)(H,66,67);;/q;2*+1/p-2/b24-22+,25-23+,60-59?;;. The summed E-state index contributed by atoms with van der Waals surface area (Å²) >= 11 is 1.12. The number of nitriles is 1. The number of ether oxygens (including phenoxy) is 5. The molecule has 0 aliphatic heterocycles. The number of hydrogen-bond donors (Lipinski definition) is 0. The van der Waals surface area contributed by atoms with Crippen molar-refractivity contribution in [2.24, 2.45) is 22.1 Å². The first-order valence-corrected chi connectivity index (χ1v) is 27.2. The third kappa shape index (κ3) is 33.4. The van der Waals surface area contributed by atoms with Crippen molar-refractivity contribution in [2.75, 3.05) is 70.8 Å². The van der Waals surface area contributed by atoms with Gasteiger partial charge in [-0.2, -0.15) is 5.26 Å². The minimum absolute atomic E-state index is 0. The van der Waals surface area contributed by atoms with Gasteiger partial charge in [-0.25, -0.2) is 4.85 Å². The second-order valence-corrected chi connectivity index (χ2v) is 19.0. The van der Waals surface area contributed by atoms with Crippen LogP contribution in [0.5, 0.6) is 0 Å². The third-order valence-corrected chi connectivity index (χ3v) is 13.2. The minimum Gasteiger partial charge on any atom is -0.550 e. The Morgan fingerprint density at radius 2 is 1.13 bits per heavy atom. The Morgan fingerprint density at radius 3 is 1.57 bits per heavy atom. The Morgan fingerprint density at radius 1 is 0.680 bits per heavy atom. The third-order valence-electron chi connectivity index (χ3n) is 12.1. The molecule has 75 heavy (non-hydrogen) atoms. The summed E-state index contributed by atoms with van der Waals surface area (Å²) in [5, 5.41) is 42.5. The molecule has 2 atom stereocenters. The maximum atomic E-state index is 12.5. The molecule has 0 radical (unpaired) electrons. The van der Waals surface area contributed by atoms with E-state index in [0.29, 0.717) is 46.5 Å². The molecule has 0 aliphatic rings. The number of rotatable bonds is 44. The van der Waals surface area contributed by atoms with E-state index >= 15 is 0 Å². The van der Waals surface area contributed by atoms with Crippen molar-refractivity contribution in [3.05, 3.63) is 70.6 Å². The second kappa shape index (κ2) is 46.6. The molecule has 1 aromatic heterocycles. The molecule has 0 aliphatic carbocycles. The molecule has 1 aromatic carbocycles. The van der Waals surface area contributed by atoms with Crippen molar-refractivity contribution >= 4 is 56.6 Å². The minimum atomic E-state index is -1.29. The Kier molecular flexibility index (Phi) is 44.5. The van der Waals surface area contributed by atoms with E-state index in [1.54, 1.807) is 6.92 Å². The molecule has 0 saturated heterocycles. The number of nitrogens with zero attached hydrogens (tertiary/aromatic N) is 5. The molecule has 0 bridgehead atoms. The van der Waals surface area contributed by atoms with Crippen LogP contribution in [0.1, 0.15) is 159 Å². The molecule has 0 amide bonds. The van der Waals surface area contributed by atoms with Gasteiger partial charge >= 0.3 is 71.1 Å². The number of unbranched alkanes of at least 4 members (excludes halogenated alkanes) is 14. The summed E-state index contributed by atoms with van der Waals surface area (Å²) < 4.78 is 27.8. The number of carbonyl (C=O) groups is 4. The van der Waals surface area contributed by atoms with Crippen molar-refractivity contribution in [3.63, 3.8) is 0 Å². The Labute approximate surface area is 495 Å². The maximum absolute atomic E-state index is 12.5. The molecule has 0 saturated carbocycles. The number of hydrogen-bond acceptors (Lipinski definition) is 16. The van der Waals surface area contributed by atoms with E-state index in [1.807, 2.05) is 49.4 Å². The van der Waals surface area contributed by atoms with Gasteiger partial charge in [0, 0.05) is 42.6 Å². The number of anilines is 1. The molecule has 0 N–H and O–H groups in total. The molecule has 2 aromatic rings. The predicted octanol–water partition coefficient (Wildman–Crippen LogP) is 4.84. The van der Waals surface area contributed by atoms with Crippen LogP contribution in [0, 0.1) is 43.6 Å². The Balaban J connectivity index is 0.0000274. The van der Waals surface area contributed by atoms with Crippen LogP contribution in [0.15, 0.2) is 52.7 Å². The summed E-state index contributed by atoms with van der Waals surface area (Å²) in [4.78, 5) is 53.8. The van der Waals surface area contributed by atoms with Gasteiger partial charge in [0.05, 0.1) is 70.3 Å². The number of thiophene rings is 1. The fraction of sp³-hybridized carbons (Fsp3) is 0.643. The van der Waals surface area contributed by atoms with Crippen LogP contribution in [0.25, 0.3) is 4.85 Å². The molecule has 19 heteroatoms. The molecule has 404 valence electrons. The van der Waals surface area contributed by atoms with Crippen LogP contribution >= 0.6 is 11.3 Å². The van der Waals surface area contributed by atoms with Gasteiger partial charge in [0.1, 0.15) is 24.3 Å². The molecule has 0 fully saturated rings. The van der Waals surface area contributed by atoms with E-state index in [9.17, 15) is 34.7 Å². The fourth-order valence-corrected chi connectivity index (χ4v) is 8.52. The largest absolute Gasteiger partial charge is 1.00 e. The Hall–Kier alpha value is -3.46. The summed E-state index contributed by atoms with van der Waals surface area (Å²) in [6.07, 6.45) is 26.0. The van der Waals surface area contributed by atoms with E-state index in [0.717, 1.165) is 61.1 Å². The topological polar surface area (TPSA) is 217 Å². The molecule has 2 unspecified atom stereocenters. The number of carbonyl (C=O) groups excluding carboxylic acids is 4. The quantitative estimate of drug-likeness (QED) is 0.0217. The first kappa shape index (κ1) is 71.5. The summed E-state index contributed by atoms with van der Waals surface area (Å²) in [7, 11) is 0. The monoisotopic (exact) mass is 1080 g/mol. The van der Waals surface area contributed by atoms with Gasteiger partial charge in [0.25, 0.3) is 0 Å². The zero-order valence-corrected chi connectivity index (χ0v) is 50.9. The number of aryl methyl sites for hydroxylation is 1. The maximum Gasteiger partial charge on any atom is 1.00 e. The van der Waals surface area contributed by atoms with Crippen LogP contribution in [-0.2, 0) is 42.9 Å². The van der Waals surface area contributed by atoms with E-state index in [1.165, 1.54) is 64.2 Å². The van der Waals surface area contributed by atoms with Crippen molar-refractivity contribution in [1.29, 1.82) is 5.26 Å². The van der Waals surface area contributed by atoms with Gasteiger partial charge in [0.15, 0.2) is 0 Å². The normalized spacial score (nSPS) is 12.0. The van der Waals surface area contributed by atoms with Crippen molar-refractivity contribution in [2.45, 2.75) is 156 Å². The predicted molar refractivity (Wildman–Crippen MR) is 281 cm³/mol. The summed E-state index contributed by atoms with van der Waals surface area (Å²) in [6.45, 7) is 17.5. The van der Waals surface area contributed by atoms with Crippen molar-refractivity contribution in [3.8, 4) is 6.07 Å². The van der Waals surface area contributed by atoms with Crippen LogP contribution in [0.3, 0.4) is 0 Å². The molecule has 0 spiro atoms. The average molecular weight is 1080 g/mol. The number of allylic oxidation sites excluding steroid dienone is 4. The Bertz CT molecular complexity index is 2090. The van der Waals surface area contributed by atoms with E-state index in [2.05, 4.69) is 39.9 Å². The molecular formula is C56H81N5Na2O11S. The zero-order chi connectivity index (χ0) is 53.3. The number of azo groups is 1. The second-order valence-electron chi connectivity index (χ2n) is 18.0. The molecule has 1 heterocycles. The summed E-state index contributed by atoms with van der Waals surface area (Å²) in [5.74, 6) is -5.75. The molecular weight excluding hydrogens is 997 g/mol. The zero-order valence-electron chi connectivity index (χ0n) is 46.0. The smallest absolute Gasteiger partial charge is 0.550 e. The van der Waals surface area contributed by atoms with Crippen molar-refractivity contribution < 1.29 is 112 Å². The van der Waals surface area contributed by atoms with Gasteiger partial charge in [0.2, 0.25) is 5.00 Å². The number of benzene rings is 1.